The maximum atomic E-state index is 12.3. The second-order valence-corrected chi connectivity index (χ2v) is 13.9. The van der Waals surface area contributed by atoms with E-state index >= 15 is 0 Å². The van der Waals surface area contributed by atoms with E-state index in [9.17, 15) is 4.79 Å². The molecule has 1 aliphatic carbocycles. The van der Waals surface area contributed by atoms with E-state index in [2.05, 4.69) is 39.6 Å². The van der Waals surface area contributed by atoms with E-state index in [4.69, 9.17) is 4.74 Å². The van der Waals surface area contributed by atoms with Crippen LogP contribution in [-0.4, -0.2) is 20.1 Å². The van der Waals surface area contributed by atoms with Crippen molar-refractivity contribution in [2.75, 3.05) is 0 Å². The average molecular weight is 337 g/mol. The molecule has 0 radical (unpaired) electrons. The van der Waals surface area contributed by atoms with E-state index in [-0.39, 0.29) is 23.4 Å². The Morgan fingerprint density at radius 2 is 1.61 bits per heavy atom. The number of carbonyl (C=O) groups excluding carboxylic acids is 1. The fourth-order valence-electron chi connectivity index (χ4n) is 4.22. The van der Waals surface area contributed by atoms with Crippen LogP contribution in [0.2, 0.25) is 19.6 Å². The summed E-state index contributed by atoms with van der Waals surface area (Å²) in [5.74, 6) is 0.130. The van der Waals surface area contributed by atoms with Crippen molar-refractivity contribution in [1.29, 1.82) is 0 Å². The summed E-state index contributed by atoms with van der Waals surface area (Å²) >= 11 is 0. The topological polar surface area (TPSA) is 26.3 Å². The van der Waals surface area contributed by atoms with E-state index in [0.717, 1.165) is 6.42 Å². The van der Waals surface area contributed by atoms with Crippen LogP contribution in [0.5, 0.6) is 0 Å². The molecule has 1 aliphatic heterocycles. The van der Waals surface area contributed by atoms with Crippen LogP contribution in [0.4, 0.5) is 0 Å². The van der Waals surface area contributed by atoms with Gasteiger partial charge in [-0.25, -0.2) is 0 Å². The first-order valence-electron chi connectivity index (χ1n) is 9.74. The monoisotopic (exact) mass is 336 g/mol. The van der Waals surface area contributed by atoms with Gasteiger partial charge in [-0.05, 0) is 12.8 Å². The summed E-state index contributed by atoms with van der Waals surface area (Å²) in [4.78, 5) is 12.3. The molecule has 3 heteroatoms. The van der Waals surface area contributed by atoms with Crippen molar-refractivity contribution in [3.05, 3.63) is 11.3 Å². The van der Waals surface area contributed by atoms with Crippen LogP contribution in [-0.2, 0) is 9.53 Å². The Kier molecular flexibility index (Phi) is 6.15. The summed E-state index contributed by atoms with van der Waals surface area (Å²) in [6.45, 7) is 11.5. The second-order valence-electron chi connectivity index (χ2n) is 8.84. The first-order chi connectivity index (χ1) is 10.8. The van der Waals surface area contributed by atoms with Crippen LogP contribution >= 0.6 is 0 Å². The van der Waals surface area contributed by atoms with Crippen LogP contribution < -0.4 is 0 Å². The molecule has 0 aromatic rings. The van der Waals surface area contributed by atoms with Crippen molar-refractivity contribution in [3.8, 4) is 0 Å². The van der Waals surface area contributed by atoms with Crippen LogP contribution in [0.25, 0.3) is 0 Å². The van der Waals surface area contributed by atoms with Gasteiger partial charge in [0.05, 0.1) is 14.0 Å². The molecule has 0 amide bonds. The van der Waals surface area contributed by atoms with E-state index in [1.165, 1.54) is 56.6 Å². The molecule has 2 rings (SSSR count). The fourth-order valence-corrected chi connectivity index (χ4v) is 6.26. The summed E-state index contributed by atoms with van der Waals surface area (Å²) in [5, 5.41) is 1.42. The Labute approximate surface area is 144 Å². The summed E-state index contributed by atoms with van der Waals surface area (Å²) in [7, 11) is -1.38. The van der Waals surface area contributed by atoms with E-state index in [1.54, 1.807) is 0 Å². The second kappa shape index (κ2) is 7.54. The number of esters is 1. The zero-order chi connectivity index (χ0) is 17.1. The maximum absolute atomic E-state index is 12.3. The van der Waals surface area contributed by atoms with Gasteiger partial charge in [-0.15, -0.1) is 0 Å². The minimum Gasteiger partial charge on any atom is -0.461 e. The van der Waals surface area contributed by atoms with Gasteiger partial charge in [0.15, 0.2) is 0 Å². The lowest BCUT2D eigenvalue weighted by molar-refractivity contribution is -0.143. The molecule has 3 atom stereocenters. The number of hydrogen-bond donors (Lipinski definition) is 0. The summed E-state index contributed by atoms with van der Waals surface area (Å²) < 4.78 is 5.77. The molecular formula is C20H36O2Si. The highest BCUT2D eigenvalue weighted by Gasteiger charge is 2.61. The van der Waals surface area contributed by atoms with Gasteiger partial charge >= 0.3 is 5.97 Å². The molecule has 132 valence electrons. The molecule has 0 aromatic heterocycles. The summed E-state index contributed by atoms with van der Waals surface area (Å²) in [6, 6.07) is 0. The molecule has 2 aliphatic rings. The molecule has 0 aromatic carbocycles. The molecule has 23 heavy (non-hydrogen) atoms. The van der Waals surface area contributed by atoms with E-state index < -0.39 is 8.07 Å². The van der Waals surface area contributed by atoms with Crippen LogP contribution in [0.3, 0.4) is 0 Å². The normalized spacial score (nSPS) is 29.8. The van der Waals surface area contributed by atoms with Gasteiger partial charge in [-0.2, -0.15) is 0 Å². The third-order valence-corrected chi connectivity index (χ3v) is 7.94. The summed E-state index contributed by atoms with van der Waals surface area (Å²) in [6.07, 6.45) is 14.2. The Morgan fingerprint density at radius 1 is 1.04 bits per heavy atom. The number of ether oxygens (including phenoxy) is 1. The van der Waals surface area contributed by atoms with Crippen LogP contribution in [0, 0.1) is 11.3 Å². The van der Waals surface area contributed by atoms with Crippen LogP contribution in [0.1, 0.15) is 71.6 Å². The Bertz CT molecular complexity index is 449. The number of cyclic esters (lactones) is 1. The van der Waals surface area contributed by atoms with Crippen molar-refractivity contribution in [3.63, 3.8) is 0 Å². The number of hydrogen-bond acceptors (Lipinski definition) is 2. The van der Waals surface area contributed by atoms with Crippen molar-refractivity contribution < 1.29 is 9.53 Å². The molecule has 0 N–H and O–H groups in total. The lowest BCUT2D eigenvalue weighted by Crippen LogP contribution is -2.48. The number of unbranched alkanes of at least 4 members (excludes halogenated alkanes) is 7. The molecule has 0 bridgehead atoms. The predicted octanol–water partition coefficient (Wildman–Crippen LogP) is 5.88. The first-order valence-corrected chi connectivity index (χ1v) is 13.2. The largest absolute Gasteiger partial charge is 0.461 e. The van der Waals surface area contributed by atoms with Gasteiger partial charge in [-0.3, -0.25) is 4.79 Å². The molecule has 0 saturated carbocycles. The molecule has 1 fully saturated rings. The van der Waals surface area contributed by atoms with Gasteiger partial charge < -0.3 is 4.74 Å². The zero-order valence-electron chi connectivity index (χ0n) is 15.9. The van der Waals surface area contributed by atoms with E-state index in [1.807, 2.05) is 0 Å². The molecule has 0 unspecified atom stereocenters. The minimum absolute atomic E-state index is 0.00613. The van der Waals surface area contributed by atoms with Crippen molar-refractivity contribution >= 4 is 14.0 Å². The molecular weight excluding hydrogens is 300 g/mol. The minimum atomic E-state index is -1.38. The number of carbonyl (C=O) groups is 1. The average Bonchev–Trinajstić information content (AvgIpc) is 2.61. The Morgan fingerprint density at radius 3 is 2.17 bits per heavy atom. The van der Waals surface area contributed by atoms with Crippen LogP contribution in [0.15, 0.2) is 11.3 Å². The molecule has 2 nitrogen and oxygen atoms in total. The Balaban J connectivity index is 1.73. The smallest absolute Gasteiger partial charge is 0.314 e. The van der Waals surface area contributed by atoms with E-state index in [0.29, 0.717) is 0 Å². The highest BCUT2D eigenvalue weighted by atomic mass is 28.3. The Hall–Kier alpha value is -0.573. The molecule has 1 heterocycles. The lowest BCUT2D eigenvalue weighted by Gasteiger charge is -2.44. The predicted molar refractivity (Wildman–Crippen MR) is 100 cm³/mol. The third kappa shape index (κ3) is 4.10. The van der Waals surface area contributed by atoms with Gasteiger partial charge in [0, 0.05) is 5.41 Å². The van der Waals surface area contributed by atoms with Gasteiger partial charge in [0.2, 0.25) is 0 Å². The fraction of sp³-hybridized carbons (Fsp3) is 0.850. The first kappa shape index (κ1) is 18.8. The van der Waals surface area contributed by atoms with Crippen molar-refractivity contribution in [1.82, 2.24) is 0 Å². The highest BCUT2D eigenvalue weighted by molar-refractivity contribution is 6.83. The molecule has 0 spiro atoms. The third-order valence-electron chi connectivity index (χ3n) is 5.77. The maximum Gasteiger partial charge on any atom is 0.314 e. The quantitative estimate of drug-likeness (QED) is 0.283. The highest BCUT2D eigenvalue weighted by Crippen LogP contribution is 2.57. The van der Waals surface area contributed by atoms with Gasteiger partial charge in [0.25, 0.3) is 0 Å². The van der Waals surface area contributed by atoms with Crippen molar-refractivity contribution in [2.45, 2.75) is 97.4 Å². The number of fused-ring (bicyclic) bond motifs is 1. The van der Waals surface area contributed by atoms with Gasteiger partial charge in [-0.1, -0.05) is 89.7 Å². The zero-order valence-corrected chi connectivity index (χ0v) is 16.9. The SMILES string of the molecule is CCCCCCCCCC[C@H]1OC(=O)[C@H]2C([Si](C)(C)C)=C[C@]21C. The standard InChI is InChI=1S/C20H36O2Si/c1-6-7-8-9-10-11-12-13-14-17-20(2)15-16(23(3,4)5)18(20)19(21)22-17/h15,17-18H,6-14H2,1-5H3/t17-,18-,20+/m1/s1. The van der Waals surface area contributed by atoms with Gasteiger partial charge in [0.1, 0.15) is 6.10 Å². The summed E-state index contributed by atoms with van der Waals surface area (Å²) in [5.41, 5.74) is -0.00613. The number of rotatable bonds is 10. The molecule has 1 saturated heterocycles. The lowest BCUT2D eigenvalue weighted by atomic mass is 9.65. The van der Waals surface area contributed by atoms with Crippen molar-refractivity contribution in [2.24, 2.45) is 11.3 Å².